The number of methoxy groups -OCH3 is 1. The predicted octanol–water partition coefficient (Wildman–Crippen LogP) is 2.25. The van der Waals surface area contributed by atoms with Gasteiger partial charge in [-0.1, -0.05) is 6.07 Å². The topological polar surface area (TPSA) is 123 Å². The number of rotatable bonds is 6. The highest BCUT2D eigenvalue weighted by atomic mass is 16.5. The van der Waals surface area contributed by atoms with Gasteiger partial charge < -0.3 is 20.7 Å². The van der Waals surface area contributed by atoms with E-state index in [9.17, 15) is 9.59 Å². The zero-order chi connectivity index (χ0) is 22.2. The van der Waals surface area contributed by atoms with Gasteiger partial charge in [0.1, 0.15) is 17.8 Å². The van der Waals surface area contributed by atoms with E-state index >= 15 is 0 Å². The molecule has 0 spiro atoms. The number of hydrogen-bond donors (Lipinski definition) is 3. The second-order valence-electron chi connectivity index (χ2n) is 7.72. The third kappa shape index (κ3) is 3.57. The number of aryl methyl sites for hydroxylation is 1. The molecule has 1 amide bonds. The minimum absolute atomic E-state index is 0.0405. The van der Waals surface area contributed by atoms with Crippen LogP contribution in [0, 0.1) is 5.92 Å². The van der Waals surface area contributed by atoms with Gasteiger partial charge in [-0.25, -0.2) is 14.8 Å². The van der Waals surface area contributed by atoms with Crippen molar-refractivity contribution in [2.45, 2.75) is 19.4 Å². The number of fused-ring (bicyclic) bond motifs is 1. The molecule has 1 fully saturated rings. The van der Waals surface area contributed by atoms with E-state index in [0.717, 1.165) is 18.4 Å². The normalized spacial score (nSPS) is 14.4. The van der Waals surface area contributed by atoms with Crippen LogP contribution < -0.4 is 20.7 Å². The Kier molecular flexibility index (Phi) is 4.84. The van der Waals surface area contributed by atoms with E-state index in [2.05, 4.69) is 31.0 Å². The van der Waals surface area contributed by atoms with Crippen molar-refractivity contribution in [1.29, 1.82) is 0 Å². The third-order valence-electron chi connectivity index (χ3n) is 5.41. The number of hydrogen-bond acceptors (Lipinski definition) is 8. The van der Waals surface area contributed by atoms with Crippen LogP contribution in [0.4, 0.5) is 17.2 Å². The summed E-state index contributed by atoms with van der Waals surface area (Å²) in [6.45, 7) is 0.372. The molecule has 1 aliphatic carbocycles. The lowest BCUT2D eigenvalue weighted by atomic mass is 10.1. The maximum atomic E-state index is 12.3. The largest absolute Gasteiger partial charge is 0.494 e. The number of aromatic nitrogens is 4. The minimum atomic E-state index is -0.0405. The Bertz CT molecular complexity index is 1270. The van der Waals surface area contributed by atoms with Crippen molar-refractivity contribution in [2.75, 3.05) is 17.7 Å². The monoisotopic (exact) mass is 431 g/mol. The molecule has 3 aromatic rings. The smallest absolute Gasteiger partial charge is 0.228 e. The van der Waals surface area contributed by atoms with E-state index in [0.29, 0.717) is 52.3 Å². The Morgan fingerprint density at radius 2 is 2.16 bits per heavy atom. The zero-order valence-electron chi connectivity index (χ0n) is 17.6. The zero-order valence-corrected chi connectivity index (χ0v) is 17.6. The van der Waals surface area contributed by atoms with Gasteiger partial charge >= 0.3 is 0 Å². The van der Waals surface area contributed by atoms with Gasteiger partial charge in [0.2, 0.25) is 5.91 Å². The number of nitrogens with zero attached hydrogens (tertiary/aromatic N) is 4. The Balaban J connectivity index is 1.57. The summed E-state index contributed by atoms with van der Waals surface area (Å²) in [6.07, 6.45) is 3.41. The summed E-state index contributed by atoms with van der Waals surface area (Å²) in [5.41, 5.74) is 3.57. The Morgan fingerprint density at radius 1 is 1.31 bits per heavy atom. The van der Waals surface area contributed by atoms with Crippen LogP contribution in [0.2, 0.25) is 0 Å². The molecule has 32 heavy (non-hydrogen) atoms. The summed E-state index contributed by atoms with van der Waals surface area (Å²) < 4.78 is 7.30. The molecule has 0 saturated heterocycles. The fourth-order valence-electron chi connectivity index (χ4n) is 3.73. The molecule has 5 rings (SSSR count). The lowest BCUT2D eigenvalue weighted by Crippen LogP contribution is -2.15. The van der Waals surface area contributed by atoms with Gasteiger partial charge in [0.05, 0.1) is 41.9 Å². The second kappa shape index (κ2) is 7.82. The molecule has 1 aromatic carbocycles. The Morgan fingerprint density at radius 3 is 2.84 bits per heavy atom. The van der Waals surface area contributed by atoms with Crippen LogP contribution in [0.15, 0.2) is 30.6 Å². The van der Waals surface area contributed by atoms with Gasteiger partial charge in [-0.05, 0) is 25.0 Å². The van der Waals surface area contributed by atoms with Gasteiger partial charge in [-0.3, -0.25) is 9.48 Å². The van der Waals surface area contributed by atoms with E-state index in [1.807, 2.05) is 24.1 Å². The van der Waals surface area contributed by atoms with E-state index in [1.54, 1.807) is 31.2 Å². The standard InChI is InChI=1S/C22H21N7O3/c1-29-11-24-21(28-29)13-4-3-5-14(20(13)32-2)25-15-8-18(27-22(31)12-6-7-12)26-16-9-23-17(10-30)19(15)16/h3-5,8,11-12,23H,6-7,9H2,1-2H3,(H2,25,26,27,31). The fraction of sp³-hybridized carbons (Fsp3) is 0.273. The highest BCUT2D eigenvalue weighted by molar-refractivity contribution is 5.98. The number of para-hydroxylation sites is 1. The lowest BCUT2D eigenvalue weighted by molar-refractivity contribution is -0.117. The van der Waals surface area contributed by atoms with Crippen molar-refractivity contribution < 1.29 is 14.3 Å². The molecule has 2 aromatic heterocycles. The van der Waals surface area contributed by atoms with Crippen LogP contribution in [0.25, 0.3) is 17.1 Å². The molecule has 162 valence electrons. The number of ether oxygens (including phenoxy) is 1. The van der Waals surface area contributed by atoms with Crippen LogP contribution in [-0.2, 0) is 23.2 Å². The molecule has 0 atom stereocenters. The minimum Gasteiger partial charge on any atom is -0.494 e. The van der Waals surface area contributed by atoms with Gasteiger partial charge in [0.15, 0.2) is 17.5 Å². The van der Waals surface area contributed by atoms with E-state index in [1.165, 1.54) is 0 Å². The number of amides is 1. The molecule has 1 saturated carbocycles. The van der Waals surface area contributed by atoms with Crippen LogP contribution in [-0.4, -0.2) is 38.7 Å². The highest BCUT2D eigenvalue weighted by Crippen LogP contribution is 2.40. The summed E-state index contributed by atoms with van der Waals surface area (Å²) in [5.74, 6) is 3.45. The van der Waals surface area contributed by atoms with Crippen molar-refractivity contribution in [2.24, 2.45) is 13.0 Å². The average molecular weight is 431 g/mol. The molecule has 0 unspecified atom stereocenters. The van der Waals surface area contributed by atoms with Gasteiger partial charge in [-0.15, -0.1) is 0 Å². The molecule has 3 N–H and O–H groups in total. The number of benzene rings is 1. The Hall–Kier alpha value is -4.17. The molecular weight excluding hydrogens is 410 g/mol. The van der Waals surface area contributed by atoms with Crippen LogP contribution in [0.5, 0.6) is 5.75 Å². The van der Waals surface area contributed by atoms with Crippen molar-refractivity contribution in [3.05, 3.63) is 41.9 Å². The summed E-state index contributed by atoms with van der Waals surface area (Å²) >= 11 is 0. The molecule has 1 aliphatic heterocycles. The van der Waals surface area contributed by atoms with Crippen molar-refractivity contribution in [1.82, 2.24) is 25.1 Å². The van der Waals surface area contributed by atoms with Crippen LogP contribution >= 0.6 is 0 Å². The summed E-state index contributed by atoms with van der Waals surface area (Å²) in [5, 5.41) is 13.6. The van der Waals surface area contributed by atoms with Crippen molar-refractivity contribution in [3.8, 4) is 17.1 Å². The molecule has 0 bridgehead atoms. The molecule has 10 nitrogen and oxygen atoms in total. The van der Waals surface area contributed by atoms with Crippen LogP contribution in [0.3, 0.4) is 0 Å². The second-order valence-corrected chi connectivity index (χ2v) is 7.72. The van der Waals surface area contributed by atoms with Gasteiger partial charge in [0, 0.05) is 19.0 Å². The molecule has 10 heteroatoms. The number of pyridine rings is 1. The highest BCUT2D eigenvalue weighted by Gasteiger charge is 2.31. The van der Waals surface area contributed by atoms with Crippen molar-refractivity contribution in [3.63, 3.8) is 0 Å². The summed E-state index contributed by atoms with van der Waals surface area (Å²) in [4.78, 5) is 32.6. The summed E-state index contributed by atoms with van der Waals surface area (Å²) in [7, 11) is 3.37. The summed E-state index contributed by atoms with van der Waals surface area (Å²) in [6, 6.07) is 7.31. The Labute approximate surface area is 183 Å². The maximum Gasteiger partial charge on any atom is 0.228 e. The first kappa shape index (κ1) is 19.8. The first-order valence-corrected chi connectivity index (χ1v) is 10.2. The lowest BCUT2D eigenvalue weighted by Gasteiger charge is -2.17. The number of anilines is 3. The molecule has 3 heterocycles. The quantitative estimate of drug-likeness (QED) is 0.508. The van der Waals surface area contributed by atoms with E-state index in [4.69, 9.17) is 4.74 Å². The third-order valence-corrected chi connectivity index (χ3v) is 5.41. The molecule has 0 radical (unpaired) electrons. The fourth-order valence-corrected chi connectivity index (χ4v) is 3.73. The van der Waals surface area contributed by atoms with Gasteiger partial charge in [0.25, 0.3) is 0 Å². The SMILES string of the molecule is COc1c(Nc2cc(NC(=O)C3CC3)nc3c2C(=C=O)NC3)cccc1-c1ncn(C)n1. The van der Waals surface area contributed by atoms with E-state index < -0.39 is 0 Å². The number of nitrogens with one attached hydrogen (secondary N) is 3. The average Bonchev–Trinajstić information content (AvgIpc) is 3.43. The first-order valence-electron chi connectivity index (χ1n) is 10.2. The number of carbonyl (C=O) groups excluding carboxylic acids is 2. The van der Waals surface area contributed by atoms with E-state index in [-0.39, 0.29) is 11.8 Å². The number of carbonyl (C=O) groups is 1. The predicted molar refractivity (Wildman–Crippen MR) is 118 cm³/mol. The molecule has 2 aliphatic rings. The van der Waals surface area contributed by atoms with Crippen LogP contribution in [0.1, 0.15) is 24.1 Å². The van der Waals surface area contributed by atoms with Gasteiger partial charge in [-0.2, -0.15) is 5.10 Å². The van der Waals surface area contributed by atoms with Crippen molar-refractivity contribution >= 4 is 34.7 Å². The molecular formula is C22H21N7O3. The maximum absolute atomic E-state index is 12.3. The first-order chi connectivity index (χ1) is 15.6.